The molecule has 19 heavy (non-hydrogen) atoms. The highest BCUT2D eigenvalue weighted by Gasteiger charge is 2.26. The highest BCUT2D eigenvalue weighted by molar-refractivity contribution is 9.10. The SMILES string of the molecule is CC(C)(C)OC(=O)N1CCN(c2n[nH]c(Br)n2)CC1. The minimum atomic E-state index is -0.456. The van der Waals surface area contributed by atoms with Crippen molar-refractivity contribution in [2.75, 3.05) is 31.1 Å². The number of nitrogens with zero attached hydrogens (tertiary/aromatic N) is 4. The second-order valence-corrected chi connectivity index (χ2v) is 6.13. The van der Waals surface area contributed by atoms with Crippen molar-refractivity contribution in [3.8, 4) is 0 Å². The maximum atomic E-state index is 11.9. The number of aromatic amines is 1. The van der Waals surface area contributed by atoms with Gasteiger partial charge in [0.25, 0.3) is 0 Å². The molecule has 1 aliphatic rings. The van der Waals surface area contributed by atoms with E-state index in [2.05, 4.69) is 31.1 Å². The molecule has 0 spiro atoms. The molecule has 2 rings (SSSR count). The number of halogens is 1. The summed E-state index contributed by atoms with van der Waals surface area (Å²) in [7, 11) is 0. The van der Waals surface area contributed by atoms with Crippen molar-refractivity contribution in [3.05, 3.63) is 4.73 Å². The Balaban J connectivity index is 1.87. The summed E-state index contributed by atoms with van der Waals surface area (Å²) in [6.45, 7) is 8.22. The molecule has 0 radical (unpaired) electrons. The van der Waals surface area contributed by atoms with E-state index in [9.17, 15) is 4.79 Å². The molecule has 1 N–H and O–H groups in total. The van der Waals surface area contributed by atoms with Gasteiger partial charge in [0.1, 0.15) is 5.60 Å². The van der Waals surface area contributed by atoms with Crippen LogP contribution in [0, 0.1) is 0 Å². The van der Waals surface area contributed by atoms with Crippen LogP contribution in [-0.2, 0) is 4.74 Å². The molecule has 1 aromatic rings. The summed E-state index contributed by atoms with van der Waals surface area (Å²) in [6, 6.07) is 0. The predicted octanol–water partition coefficient (Wildman–Crippen LogP) is 1.62. The van der Waals surface area contributed by atoms with E-state index in [1.807, 2.05) is 25.7 Å². The minimum Gasteiger partial charge on any atom is -0.444 e. The van der Waals surface area contributed by atoms with E-state index >= 15 is 0 Å². The van der Waals surface area contributed by atoms with E-state index in [0.29, 0.717) is 36.9 Å². The predicted molar refractivity (Wildman–Crippen MR) is 74.1 cm³/mol. The van der Waals surface area contributed by atoms with Crippen molar-refractivity contribution in [2.24, 2.45) is 0 Å². The van der Waals surface area contributed by atoms with E-state index in [-0.39, 0.29) is 6.09 Å². The molecule has 0 aromatic carbocycles. The quantitative estimate of drug-likeness (QED) is 0.846. The number of hydrogen-bond acceptors (Lipinski definition) is 5. The number of amides is 1. The van der Waals surface area contributed by atoms with Crippen LogP contribution in [0.15, 0.2) is 4.73 Å². The topological polar surface area (TPSA) is 74.3 Å². The number of aromatic nitrogens is 3. The second kappa shape index (κ2) is 5.36. The highest BCUT2D eigenvalue weighted by Crippen LogP contribution is 2.15. The summed E-state index contributed by atoms with van der Waals surface area (Å²) in [6.07, 6.45) is -0.261. The molecule has 1 aliphatic heterocycles. The summed E-state index contributed by atoms with van der Waals surface area (Å²) in [5, 5.41) is 6.82. The lowest BCUT2D eigenvalue weighted by molar-refractivity contribution is 0.0240. The summed E-state index contributed by atoms with van der Waals surface area (Å²) in [5.74, 6) is 0.649. The molecule has 2 heterocycles. The fourth-order valence-electron chi connectivity index (χ4n) is 1.79. The van der Waals surface area contributed by atoms with Gasteiger partial charge in [-0.2, -0.15) is 4.98 Å². The summed E-state index contributed by atoms with van der Waals surface area (Å²) in [4.78, 5) is 19.8. The lowest BCUT2D eigenvalue weighted by Crippen LogP contribution is -2.50. The molecule has 8 heteroatoms. The number of ether oxygens (including phenoxy) is 1. The number of nitrogens with one attached hydrogen (secondary N) is 1. The van der Waals surface area contributed by atoms with Gasteiger partial charge >= 0.3 is 6.09 Å². The van der Waals surface area contributed by atoms with E-state index in [4.69, 9.17) is 4.74 Å². The third-order valence-corrected chi connectivity index (χ3v) is 3.02. The number of carbonyl (C=O) groups excluding carboxylic acids is 1. The van der Waals surface area contributed by atoms with Gasteiger partial charge in [0.05, 0.1) is 0 Å². The van der Waals surface area contributed by atoms with E-state index in [0.717, 1.165) is 0 Å². The monoisotopic (exact) mass is 331 g/mol. The maximum absolute atomic E-state index is 11.9. The van der Waals surface area contributed by atoms with Gasteiger partial charge < -0.3 is 14.5 Å². The van der Waals surface area contributed by atoms with Crippen molar-refractivity contribution >= 4 is 28.0 Å². The van der Waals surface area contributed by atoms with Gasteiger partial charge in [-0.15, -0.1) is 5.10 Å². The number of piperazine rings is 1. The standard InChI is InChI=1S/C11H18BrN5O2/c1-11(2,3)19-10(18)17-6-4-16(5-7-17)9-13-8(12)14-15-9/h4-7H2,1-3H3,(H,13,14,15). The van der Waals surface area contributed by atoms with Crippen LogP contribution in [0.4, 0.5) is 10.7 Å². The zero-order valence-electron chi connectivity index (χ0n) is 11.3. The molecular weight excluding hydrogens is 314 g/mol. The van der Waals surface area contributed by atoms with Crippen molar-refractivity contribution in [3.63, 3.8) is 0 Å². The van der Waals surface area contributed by atoms with E-state index in [1.54, 1.807) is 4.90 Å². The second-order valence-electron chi connectivity index (χ2n) is 5.38. The van der Waals surface area contributed by atoms with Crippen LogP contribution < -0.4 is 4.90 Å². The normalized spacial score (nSPS) is 16.6. The van der Waals surface area contributed by atoms with Gasteiger partial charge in [0.15, 0.2) is 4.73 Å². The molecule has 1 fully saturated rings. The molecule has 106 valence electrons. The van der Waals surface area contributed by atoms with Crippen LogP contribution in [0.25, 0.3) is 0 Å². The fourth-order valence-corrected chi connectivity index (χ4v) is 2.04. The summed E-state index contributed by atoms with van der Waals surface area (Å²) < 4.78 is 5.95. The zero-order chi connectivity index (χ0) is 14.0. The first-order chi connectivity index (χ1) is 8.85. The highest BCUT2D eigenvalue weighted by atomic mass is 79.9. The van der Waals surface area contributed by atoms with Crippen LogP contribution >= 0.6 is 15.9 Å². The first-order valence-electron chi connectivity index (χ1n) is 6.16. The molecule has 0 atom stereocenters. The Morgan fingerprint density at radius 3 is 2.42 bits per heavy atom. The Labute approximate surface area is 120 Å². The van der Waals surface area contributed by atoms with Crippen molar-refractivity contribution in [2.45, 2.75) is 26.4 Å². The lowest BCUT2D eigenvalue weighted by Gasteiger charge is -2.35. The average molecular weight is 332 g/mol. The minimum absolute atomic E-state index is 0.261. The van der Waals surface area contributed by atoms with Gasteiger partial charge in [-0.1, -0.05) is 0 Å². The molecule has 1 saturated heterocycles. The molecule has 1 aromatic heterocycles. The molecule has 0 bridgehead atoms. The number of H-pyrrole nitrogens is 1. The third-order valence-electron chi connectivity index (χ3n) is 2.66. The van der Waals surface area contributed by atoms with E-state index in [1.165, 1.54) is 0 Å². The zero-order valence-corrected chi connectivity index (χ0v) is 12.9. The molecule has 7 nitrogen and oxygen atoms in total. The Hall–Kier alpha value is -1.31. The molecule has 0 unspecified atom stereocenters. The maximum Gasteiger partial charge on any atom is 0.410 e. The molecular formula is C11H18BrN5O2. The lowest BCUT2D eigenvalue weighted by atomic mass is 10.2. The van der Waals surface area contributed by atoms with Gasteiger partial charge in [0.2, 0.25) is 5.95 Å². The smallest absolute Gasteiger partial charge is 0.410 e. The fraction of sp³-hybridized carbons (Fsp3) is 0.727. The number of carbonyl (C=O) groups is 1. The van der Waals surface area contributed by atoms with Crippen molar-refractivity contribution in [1.29, 1.82) is 0 Å². The average Bonchev–Trinajstić information content (AvgIpc) is 2.74. The molecule has 1 amide bonds. The van der Waals surface area contributed by atoms with Crippen LogP contribution in [0.5, 0.6) is 0 Å². The molecule has 0 saturated carbocycles. The Bertz CT molecular complexity index is 448. The van der Waals surface area contributed by atoms with Gasteiger partial charge in [-0.05, 0) is 36.7 Å². The van der Waals surface area contributed by atoms with Crippen molar-refractivity contribution in [1.82, 2.24) is 20.1 Å². The Morgan fingerprint density at radius 1 is 1.32 bits per heavy atom. The van der Waals surface area contributed by atoms with Crippen LogP contribution in [0.3, 0.4) is 0 Å². The Kier molecular flexibility index (Phi) is 3.98. The first kappa shape index (κ1) is 14.1. The summed E-state index contributed by atoms with van der Waals surface area (Å²) >= 11 is 3.23. The van der Waals surface area contributed by atoms with Gasteiger partial charge in [-0.25, -0.2) is 4.79 Å². The van der Waals surface area contributed by atoms with E-state index < -0.39 is 5.60 Å². The number of rotatable bonds is 1. The largest absolute Gasteiger partial charge is 0.444 e. The Morgan fingerprint density at radius 2 is 1.95 bits per heavy atom. The summed E-state index contributed by atoms with van der Waals surface area (Å²) in [5.41, 5.74) is -0.456. The van der Waals surface area contributed by atoms with Gasteiger partial charge in [0, 0.05) is 26.2 Å². The molecule has 0 aliphatic carbocycles. The van der Waals surface area contributed by atoms with Crippen LogP contribution in [0.1, 0.15) is 20.8 Å². The number of hydrogen-bond donors (Lipinski definition) is 1. The number of anilines is 1. The van der Waals surface area contributed by atoms with Crippen LogP contribution in [-0.4, -0.2) is 58.0 Å². The van der Waals surface area contributed by atoms with Crippen LogP contribution in [0.2, 0.25) is 0 Å². The first-order valence-corrected chi connectivity index (χ1v) is 6.95. The van der Waals surface area contributed by atoms with Gasteiger partial charge in [-0.3, -0.25) is 5.10 Å². The van der Waals surface area contributed by atoms with Crippen molar-refractivity contribution < 1.29 is 9.53 Å². The third kappa shape index (κ3) is 3.82.